The number of hydrogen-bond donors (Lipinski definition) is 1. The van der Waals surface area contributed by atoms with Gasteiger partial charge in [-0.3, -0.25) is 5.01 Å². The minimum absolute atomic E-state index is 0.131. The largest absolute Gasteiger partial charge is 0.368 e. The van der Waals surface area contributed by atoms with Gasteiger partial charge < -0.3 is 10.6 Å². The molecule has 4 rings (SSSR count). The number of hydrazone groups is 1. The van der Waals surface area contributed by atoms with E-state index in [-0.39, 0.29) is 5.41 Å². The molecule has 0 amide bonds. The Labute approximate surface area is 230 Å². The maximum atomic E-state index is 6.84. The summed E-state index contributed by atoms with van der Waals surface area (Å²) in [5.41, 5.74) is 13.3. The van der Waals surface area contributed by atoms with E-state index in [2.05, 4.69) is 123 Å². The van der Waals surface area contributed by atoms with Crippen LogP contribution in [-0.2, 0) is 18.4 Å². The van der Waals surface area contributed by atoms with Crippen molar-refractivity contribution in [3.05, 3.63) is 101 Å². The fourth-order valence-corrected chi connectivity index (χ4v) is 5.21. The van der Waals surface area contributed by atoms with Crippen LogP contribution in [0.3, 0.4) is 0 Å². The summed E-state index contributed by atoms with van der Waals surface area (Å²) in [4.78, 5) is 2.17. The molecule has 4 heteroatoms. The lowest BCUT2D eigenvalue weighted by molar-refractivity contribution is 0.153. The summed E-state index contributed by atoms with van der Waals surface area (Å²) < 4.78 is 0. The van der Waals surface area contributed by atoms with Crippen LogP contribution >= 0.6 is 0 Å². The van der Waals surface area contributed by atoms with Gasteiger partial charge in [0.1, 0.15) is 0 Å². The maximum absolute atomic E-state index is 6.84. The number of nitrogens with two attached hydrogens (primary N) is 1. The van der Waals surface area contributed by atoms with Gasteiger partial charge in [0.25, 0.3) is 0 Å². The van der Waals surface area contributed by atoms with Gasteiger partial charge >= 0.3 is 0 Å². The van der Waals surface area contributed by atoms with E-state index in [0.717, 1.165) is 37.9 Å². The monoisotopic (exact) mass is 510 g/mol. The second-order valence-corrected chi connectivity index (χ2v) is 11.9. The molecule has 0 aliphatic carbocycles. The Balaban J connectivity index is 1.62. The predicted octanol–water partition coefficient (Wildman–Crippen LogP) is 7.83. The van der Waals surface area contributed by atoms with Crippen LogP contribution in [0.5, 0.6) is 0 Å². The predicted molar refractivity (Wildman–Crippen MR) is 163 cm³/mol. The van der Waals surface area contributed by atoms with E-state index in [9.17, 15) is 0 Å². The molecule has 1 aliphatic heterocycles. The molecule has 1 saturated heterocycles. The van der Waals surface area contributed by atoms with Crippen LogP contribution in [0.15, 0.2) is 84.0 Å². The number of anilines is 1. The molecule has 0 aromatic heterocycles. The van der Waals surface area contributed by atoms with E-state index in [4.69, 9.17) is 10.8 Å². The van der Waals surface area contributed by atoms with E-state index in [1.165, 1.54) is 28.7 Å². The van der Waals surface area contributed by atoms with Gasteiger partial charge in [-0.25, -0.2) is 0 Å². The molecule has 202 valence electrons. The van der Waals surface area contributed by atoms with Crippen molar-refractivity contribution in [2.75, 3.05) is 11.4 Å². The Morgan fingerprint density at radius 1 is 0.947 bits per heavy atom. The van der Waals surface area contributed by atoms with Crippen LogP contribution in [0.2, 0.25) is 0 Å². The van der Waals surface area contributed by atoms with Crippen molar-refractivity contribution in [3.63, 3.8) is 0 Å². The molecule has 2 N–H and O–H groups in total. The van der Waals surface area contributed by atoms with Crippen LogP contribution in [0, 0.1) is 0 Å². The zero-order chi connectivity index (χ0) is 27.1. The molecule has 3 aromatic rings. The molecule has 1 fully saturated rings. The van der Waals surface area contributed by atoms with Crippen LogP contribution in [-0.4, -0.2) is 23.6 Å². The molecule has 4 nitrogen and oxygen atoms in total. The van der Waals surface area contributed by atoms with E-state index >= 15 is 0 Å². The number of guanidine groups is 1. The van der Waals surface area contributed by atoms with E-state index in [0.29, 0.717) is 24.5 Å². The summed E-state index contributed by atoms with van der Waals surface area (Å²) in [7, 11) is 0. The Morgan fingerprint density at radius 3 is 2.26 bits per heavy atom. The van der Waals surface area contributed by atoms with E-state index in [1.54, 1.807) is 0 Å². The molecular formula is C34H46N4. The average Bonchev–Trinajstić information content (AvgIpc) is 2.93. The highest BCUT2D eigenvalue weighted by molar-refractivity contribution is 5.94. The van der Waals surface area contributed by atoms with Crippen LogP contribution in [0.4, 0.5) is 5.69 Å². The van der Waals surface area contributed by atoms with Gasteiger partial charge in [-0.1, -0.05) is 101 Å². The summed E-state index contributed by atoms with van der Waals surface area (Å²) in [6.45, 7) is 12.9. The summed E-state index contributed by atoms with van der Waals surface area (Å²) in [5, 5.41) is 7.32. The number of piperidine rings is 1. The Kier molecular flexibility index (Phi) is 9.14. The Hall–Kier alpha value is -3.27. The quantitative estimate of drug-likeness (QED) is 0.248. The van der Waals surface area contributed by atoms with Crippen LogP contribution in [0.25, 0.3) is 0 Å². The third-order valence-corrected chi connectivity index (χ3v) is 7.96. The Bertz CT molecular complexity index is 1160. The summed E-state index contributed by atoms with van der Waals surface area (Å²) in [6.07, 6.45) is 5.66. The lowest BCUT2D eigenvalue weighted by Gasteiger charge is -2.35. The SMILES string of the molecule is CCC(C)c1ccc(N(Cc2ccc(C(C)(C)C)cc2)/C(N)=N/N2CCCCC2Cc2ccccc2)cc1. The van der Waals surface area contributed by atoms with E-state index < -0.39 is 0 Å². The molecule has 0 radical (unpaired) electrons. The van der Waals surface area contributed by atoms with Gasteiger partial charge in [0.15, 0.2) is 0 Å². The number of hydrogen-bond acceptors (Lipinski definition) is 2. The first-order chi connectivity index (χ1) is 18.2. The van der Waals surface area contributed by atoms with Crippen molar-refractivity contribution < 1.29 is 0 Å². The van der Waals surface area contributed by atoms with Crippen molar-refractivity contribution in [2.45, 2.75) is 90.6 Å². The molecule has 38 heavy (non-hydrogen) atoms. The number of rotatable bonds is 8. The molecular weight excluding hydrogens is 464 g/mol. The first kappa shape index (κ1) is 27.8. The van der Waals surface area contributed by atoms with E-state index in [1.807, 2.05) is 0 Å². The fraction of sp³-hybridized carbons (Fsp3) is 0.441. The highest BCUT2D eigenvalue weighted by Crippen LogP contribution is 2.27. The van der Waals surface area contributed by atoms with Gasteiger partial charge in [0.2, 0.25) is 5.96 Å². The fourth-order valence-electron chi connectivity index (χ4n) is 5.21. The van der Waals surface area contributed by atoms with Crippen LogP contribution < -0.4 is 10.6 Å². The molecule has 2 atom stereocenters. The lowest BCUT2D eigenvalue weighted by Crippen LogP contribution is -2.43. The molecule has 3 aromatic carbocycles. The van der Waals surface area contributed by atoms with Gasteiger partial charge in [0, 0.05) is 12.2 Å². The zero-order valence-electron chi connectivity index (χ0n) is 24.0. The maximum Gasteiger partial charge on any atom is 0.218 e. The van der Waals surface area contributed by atoms with Gasteiger partial charge in [-0.2, -0.15) is 0 Å². The molecule has 1 heterocycles. The van der Waals surface area contributed by atoms with Crippen molar-refractivity contribution in [3.8, 4) is 0 Å². The van der Waals surface area contributed by atoms with Gasteiger partial charge in [-0.05, 0) is 77.8 Å². The number of nitrogens with zero attached hydrogens (tertiary/aromatic N) is 3. The molecule has 0 bridgehead atoms. The summed E-state index contributed by atoms with van der Waals surface area (Å²) >= 11 is 0. The first-order valence-electron chi connectivity index (χ1n) is 14.4. The third kappa shape index (κ3) is 7.18. The Morgan fingerprint density at radius 2 is 1.63 bits per heavy atom. The van der Waals surface area contributed by atoms with Crippen molar-refractivity contribution in [1.82, 2.24) is 5.01 Å². The highest BCUT2D eigenvalue weighted by Gasteiger charge is 2.23. The summed E-state index contributed by atoms with van der Waals surface area (Å²) in [6, 6.07) is 28.9. The number of benzene rings is 3. The average molecular weight is 511 g/mol. The molecule has 0 spiro atoms. The zero-order valence-corrected chi connectivity index (χ0v) is 24.0. The van der Waals surface area contributed by atoms with Crippen molar-refractivity contribution in [2.24, 2.45) is 10.8 Å². The highest BCUT2D eigenvalue weighted by atomic mass is 15.5. The smallest absolute Gasteiger partial charge is 0.218 e. The third-order valence-electron chi connectivity index (χ3n) is 7.96. The second kappa shape index (κ2) is 12.5. The van der Waals surface area contributed by atoms with Gasteiger partial charge in [-0.15, -0.1) is 5.10 Å². The summed E-state index contributed by atoms with van der Waals surface area (Å²) in [5.74, 6) is 1.10. The molecule has 2 unspecified atom stereocenters. The second-order valence-electron chi connectivity index (χ2n) is 11.9. The molecule has 1 aliphatic rings. The first-order valence-corrected chi connectivity index (χ1v) is 14.4. The topological polar surface area (TPSA) is 44.9 Å². The minimum Gasteiger partial charge on any atom is -0.368 e. The lowest BCUT2D eigenvalue weighted by atomic mass is 9.87. The standard InChI is InChI=1S/C34H46N4/c1-6-26(2)29-17-21-31(22-18-29)37(25-28-15-19-30(20-16-28)34(3,4)5)33(35)36-38-23-11-10-14-32(38)24-27-12-8-7-9-13-27/h7-9,12-13,15-22,26,32H,6,10-11,14,23-25H2,1-5H3,(H2,35,36). The van der Waals surface area contributed by atoms with Crippen molar-refractivity contribution >= 4 is 11.6 Å². The van der Waals surface area contributed by atoms with Crippen LogP contribution in [0.1, 0.15) is 88.5 Å². The van der Waals surface area contributed by atoms with Gasteiger partial charge in [0.05, 0.1) is 12.6 Å². The molecule has 0 saturated carbocycles. The minimum atomic E-state index is 0.131. The normalized spacial score (nSPS) is 17.3. The van der Waals surface area contributed by atoms with Crippen molar-refractivity contribution in [1.29, 1.82) is 0 Å².